The molecule has 106 valence electrons. The van der Waals surface area contributed by atoms with E-state index in [1.807, 2.05) is 0 Å². The lowest BCUT2D eigenvalue weighted by Crippen LogP contribution is -2.08. The van der Waals surface area contributed by atoms with Crippen molar-refractivity contribution in [1.29, 1.82) is 0 Å². The topological polar surface area (TPSA) is 42.2 Å². The Morgan fingerprint density at radius 1 is 1.25 bits per heavy atom. The molecule has 0 aliphatic heterocycles. The van der Waals surface area contributed by atoms with Crippen molar-refractivity contribution in [3.8, 4) is 11.3 Å². The molecule has 0 saturated heterocycles. The zero-order valence-electron chi connectivity index (χ0n) is 11.2. The molecule has 0 fully saturated rings. The summed E-state index contributed by atoms with van der Waals surface area (Å²) in [6.07, 6.45) is 0.669. The fourth-order valence-electron chi connectivity index (χ4n) is 1.77. The highest BCUT2D eigenvalue weighted by molar-refractivity contribution is 6.42. The number of nitrogens with one attached hydrogen (secondary N) is 1. The average molecular weight is 312 g/mol. The van der Waals surface area contributed by atoms with Crippen molar-refractivity contribution in [3.05, 3.63) is 40.1 Å². The number of carbonyl (C=O) groups excluding carboxylic acids is 1. The number of hydrogen-bond acceptors (Lipinski definition) is 3. The second-order valence-electron chi connectivity index (χ2n) is 4.91. The van der Waals surface area contributed by atoms with Crippen LogP contribution in [0.15, 0.2) is 28.7 Å². The number of carbonyl (C=O) groups is 1. The molecule has 0 bridgehead atoms. The lowest BCUT2D eigenvalue weighted by molar-refractivity contribution is 0.110. The number of aldehydes is 1. The second kappa shape index (κ2) is 6.33. The lowest BCUT2D eigenvalue weighted by Gasteiger charge is -2.14. The van der Waals surface area contributed by atoms with Gasteiger partial charge in [0.05, 0.1) is 10.0 Å². The van der Waals surface area contributed by atoms with Crippen LogP contribution in [0.25, 0.3) is 11.3 Å². The molecule has 3 nitrogen and oxygen atoms in total. The summed E-state index contributed by atoms with van der Waals surface area (Å²) < 4.78 is 5.45. The van der Waals surface area contributed by atoms with Gasteiger partial charge in [-0.2, -0.15) is 0 Å². The van der Waals surface area contributed by atoms with Crippen LogP contribution in [-0.2, 0) is 0 Å². The van der Waals surface area contributed by atoms with E-state index in [1.54, 1.807) is 24.3 Å². The highest BCUT2D eigenvalue weighted by atomic mass is 35.5. The van der Waals surface area contributed by atoms with E-state index in [1.165, 1.54) is 0 Å². The quantitative estimate of drug-likeness (QED) is 0.778. The van der Waals surface area contributed by atoms with Gasteiger partial charge in [0.2, 0.25) is 0 Å². The number of hydrogen-bond donors (Lipinski definition) is 1. The maximum absolute atomic E-state index is 10.7. The minimum Gasteiger partial charge on any atom is -0.453 e. The lowest BCUT2D eigenvalue weighted by atomic mass is 10.1. The number of anilines is 1. The van der Waals surface area contributed by atoms with Gasteiger partial charge in [0, 0.05) is 17.8 Å². The molecular weight excluding hydrogens is 297 g/mol. The molecular formula is C15H15Cl2NO2. The van der Waals surface area contributed by atoms with Gasteiger partial charge < -0.3 is 9.73 Å². The SMILES string of the molecule is CC(C)CNc1cc(Cl)c(Cl)cc1-c1ccc(C=O)o1. The van der Waals surface area contributed by atoms with Gasteiger partial charge in [0.1, 0.15) is 5.76 Å². The summed E-state index contributed by atoms with van der Waals surface area (Å²) in [6.45, 7) is 5.02. The van der Waals surface area contributed by atoms with Gasteiger partial charge in [0.25, 0.3) is 0 Å². The highest BCUT2D eigenvalue weighted by Gasteiger charge is 2.13. The number of benzene rings is 1. The zero-order valence-corrected chi connectivity index (χ0v) is 12.8. The van der Waals surface area contributed by atoms with Gasteiger partial charge in [-0.3, -0.25) is 4.79 Å². The Balaban J connectivity index is 2.43. The van der Waals surface area contributed by atoms with E-state index in [-0.39, 0.29) is 5.76 Å². The van der Waals surface area contributed by atoms with Crippen LogP contribution in [0.3, 0.4) is 0 Å². The van der Waals surface area contributed by atoms with E-state index in [0.717, 1.165) is 17.8 Å². The van der Waals surface area contributed by atoms with Crippen LogP contribution < -0.4 is 5.32 Å². The van der Waals surface area contributed by atoms with E-state index in [0.29, 0.717) is 28.0 Å². The van der Waals surface area contributed by atoms with Crippen LogP contribution in [0.4, 0.5) is 5.69 Å². The molecule has 1 aromatic carbocycles. The van der Waals surface area contributed by atoms with Crippen LogP contribution in [0.5, 0.6) is 0 Å². The Hall–Kier alpha value is -1.45. The molecule has 20 heavy (non-hydrogen) atoms. The third kappa shape index (κ3) is 3.35. The van der Waals surface area contributed by atoms with Crippen LogP contribution >= 0.6 is 23.2 Å². The van der Waals surface area contributed by atoms with Crippen LogP contribution in [0, 0.1) is 5.92 Å². The van der Waals surface area contributed by atoms with Crippen molar-refractivity contribution in [2.45, 2.75) is 13.8 Å². The zero-order chi connectivity index (χ0) is 14.7. The average Bonchev–Trinajstić information content (AvgIpc) is 2.88. The van der Waals surface area contributed by atoms with E-state index in [9.17, 15) is 4.79 Å². The molecule has 0 unspecified atom stereocenters. The minimum atomic E-state index is 0.279. The summed E-state index contributed by atoms with van der Waals surface area (Å²) in [5.41, 5.74) is 1.62. The van der Waals surface area contributed by atoms with E-state index in [2.05, 4.69) is 19.2 Å². The summed E-state index contributed by atoms with van der Waals surface area (Å²) in [6, 6.07) is 6.87. The number of rotatable bonds is 5. The summed E-state index contributed by atoms with van der Waals surface area (Å²) in [5, 5.41) is 4.24. The number of furan rings is 1. The molecule has 0 amide bonds. The predicted octanol–water partition coefficient (Wildman–Crippen LogP) is 5.13. The van der Waals surface area contributed by atoms with Crippen molar-refractivity contribution in [3.63, 3.8) is 0 Å². The Morgan fingerprint density at radius 3 is 2.55 bits per heavy atom. The molecule has 0 spiro atoms. The Bertz CT molecular complexity index is 620. The summed E-state index contributed by atoms with van der Waals surface area (Å²) in [5.74, 6) is 1.34. The largest absolute Gasteiger partial charge is 0.453 e. The molecule has 0 atom stereocenters. The molecule has 1 N–H and O–H groups in total. The monoisotopic (exact) mass is 311 g/mol. The first kappa shape index (κ1) is 14.9. The second-order valence-corrected chi connectivity index (χ2v) is 5.72. The molecule has 0 radical (unpaired) electrons. The predicted molar refractivity (Wildman–Crippen MR) is 82.9 cm³/mol. The molecule has 0 saturated carbocycles. The Kier molecular flexibility index (Phi) is 4.73. The molecule has 5 heteroatoms. The van der Waals surface area contributed by atoms with Gasteiger partial charge in [-0.25, -0.2) is 0 Å². The van der Waals surface area contributed by atoms with Gasteiger partial charge >= 0.3 is 0 Å². The van der Waals surface area contributed by atoms with E-state index >= 15 is 0 Å². The Morgan fingerprint density at radius 2 is 1.95 bits per heavy atom. The molecule has 1 aromatic heterocycles. The third-order valence-electron chi connectivity index (χ3n) is 2.77. The molecule has 2 aromatic rings. The fraction of sp³-hybridized carbons (Fsp3) is 0.267. The van der Waals surface area contributed by atoms with Crippen molar-refractivity contribution in [2.75, 3.05) is 11.9 Å². The van der Waals surface area contributed by atoms with E-state index < -0.39 is 0 Å². The maximum Gasteiger partial charge on any atom is 0.185 e. The first-order chi connectivity index (χ1) is 9.51. The third-order valence-corrected chi connectivity index (χ3v) is 3.49. The smallest absolute Gasteiger partial charge is 0.185 e. The van der Waals surface area contributed by atoms with Gasteiger partial charge in [-0.1, -0.05) is 37.0 Å². The molecule has 0 aliphatic carbocycles. The van der Waals surface area contributed by atoms with Gasteiger partial charge in [-0.15, -0.1) is 0 Å². The van der Waals surface area contributed by atoms with Crippen molar-refractivity contribution < 1.29 is 9.21 Å². The van der Waals surface area contributed by atoms with Crippen LogP contribution in [0.1, 0.15) is 24.4 Å². The standard InChI is InChI=1S/C15H15Cl2NO2/c1-9(2)7-18-14-6-13(17)12(16)5-11(14)15-4-3-10(8-19)20-15/h3-6,8-9,18H,7H2,1-2H3. The van der Waals surface area contributed by atoms with Crippen molar-refractivity contribution >= 4 is 35.2 Å². The Labute approximate surface area is 127 Å². The first-order valence-electron chi connectivity index (χ1n) is 6.29. The molecule has 0 aliphatic rings. The van der Waals surface area contributed by atoms with Crippen molar-refractivity contribution in [2.24, 2.45) is 5.92 Å². The molecule has 1 heterocycles. The maximum atomic E-state index is 10.7. The van der Waals surface area contributed by atoms with Gasteiger partial charge in [0.15, 0.2) is 12.0 Å². The number of halogens is 2. The first-order valence-corrected chi connectivity index (χ1v) is 7.05. The summed E-state index contributed by atoms with van der Waals surface area (Å²) in [4.78, 5) is 10.7. The van der Waals surface area contributed by atoms with Crippen molar-refractivity contribution in [1.82, 2.24) is 0 Å². The van der Waals surface area contributed by atoms with Gasteiger partial charge in [-0.05, 0) is 30.2 Å². The summed E-state index contributed by atoms with van der Waals surface area (Å²) >= 11 is 12.1. The van der Waals surface area contributed by atoms with Crippen LogP contribution in [-0.4, -0.2) is 12.8 Å². The highest BCUT2D eigenvalue weighted by Crippen LogP contribution is 2.36. The normalized spacial score (nSPS) is 10.8. The fourth-order valence-corrected chi connectivity index (χ4v) is 2.10. The minimum absolute atomic E-state index is 0.279. The van der Waals surface area contributed by atoms with E-state index in [4.69, 9.17) is 27.6 Å². The summed E-state index contributed by atoms with van der Waals surface area (Å²) in [7, 11) is 0. The molecule has 2 rings (SSSR count). The van der Waals surface area contributed by atoms with Crippen LogP contribution in [0.2, 0.25) is 10.0 Å².